The van der Waals surface area contributed by atoms with E-state index in [9.17, 15) is 9.90 Å². The fourth-order valence-electron chi connectivity index (χ4n) is 6.96. The van der Waals surface area contributed by atoms with Gasteiger partial charge in [0.25, 0.3) is 5.91 Å². The highest BCUT2D eigenvalue weighted by Crippen LogP contribution is 2.57. The molecule has 0 aliphatic heterocycles. The third-order valence-corrected chi connectivity index (χ3v) is 8.43. The van der Waals surface area contributed by atoms with Gasteiger partial charge in [-0.3, -0.25) is 4.79 Å². The number of hydrogen-bond donors (Lipinski definition) is 2. The SMILES string of the molecule is COc1ccc(CNC(=O)c2ccccc2OCC(O)CCC2C3CC4CC(C3)CC2C4)cc1. The number of carbonyl (C=O) groups excluding carboxylic acids is 1. The fraction of sp³-hybridized carbons (Fsp3) is 0.552. The Hall–Kier alpha value is -2.53. The smallest absolute Gasteiger partial charge is 0.255 e. The van der Waals surface area contributed by atoms with Crippen molar-refractivity contribution in [2.45, 2.75) is 57.6 Å². The molecule has 5 heteroatoms. The van der Waals surface area contributed by atoms with Crippen molar-refractivity contribution in [3.05, 3.63) is 59.7 Å². The lowest BCUT2D eigenvalue weighted by atomic mass is 9.51. The molecule has 1 unspecified atom stereocenters. The van der Waals surface area contributed by atoms with Gasteiger partial charge in [-0.15, -0.1) is 0 Å². The Morgan fingerprint density at radius 1 is 1.00 bits per heavy atom. The maximum absolute atomic E-state index is 12.8. The zero-order valence-corrected chi connectivity index (χ0v) is 20.1. The molecule has 1 amide bonds. The molecule has 0 aromatic heterocycles. The van der Waals surface area contributed by atoms with Crippen LogP contribution >= 0.6 is 0 Å². The molecule has 2 aromatic carbocycles. The zero-order chi connectivity index (χ0) is 23.5. The number of methoxy groups -OCH3 is 1. The molecule has 4 aliphatic rings. The summed E-state index contributed by atoms with van der Waals surface area (Å²) in [5.41, 5.74) is 1.48. The van der Waals surface area contributed by atoms with E-state index in [1.54, 1.807) is 19.2 Å². The van der Waals surface area contributed by atoms with Crippen LogP contribution in [0.1, 0.15) is 60.9 Å². The Balaban J connectivity index is 1.10. The summed E-state index contributed by atoms with van der Waals surface area (Å²) in [6, 6.07) is 14.9. The first-order chi connectivity index (χ1) is 16.6. The first-order valence-corrected chi connectivity index (χ1v) is 12.9. The van der Waals surface area contributed by atoms with Gasteiger partial charge in [-0.1, -0.05) is 24.3 Å². The van der Waals surface area contributed by atoms with E-state index in [1.165, 1.54) is 32.1 Å². The van der Waals surface area contributed by atoms with Crippen LogP contribution in [0.25, 0.3) is 0 Å². The number of aliphatic hydroxyl groups excluding tert-OH is 1. The van der Waals surface area contributed by atoms with Gasteiger partial charge in [0.2, 0.25) is 0 Å². The lowest BCUT2D eigenvalue weighted by Crippen LogP contribution is -2.45. The Kier molecular flexibility index (Phi) is 7.10. The van der Waals surface area contributed by atoms with Crippen LogP contribution in [0.4, 0.5) is 0 Å². The summed E-state index contributed by atoms with van der Waals surface area (Å²) in [7, 11) is 1.63. The zero-order valence-electron chi connectivity index (χ0n) is 20.1. The molecule has 0 spiro atoms. The van der Waals surface area contributed by atoms with Gasteiger partial charge in [-0.25, -0.2) is 0 Å². The molecule has 1 atom stereocenters. The molecule has 4 saturated carbocycles. The predicted molar refractivity (Wildman–Crippen MR) is 132 cm³/mol. The number of rotatable bonds is 10. The molecule has 4 bridgehead atoms. The van der Waals surface area contributed by atoms with Gasteiger partial charge in [0.1, 0.15) is 18.1 Å². The topological polar surface area (TPSA) is 67.8 Å². The van der Waals surface area contributed by atoms with Crippen molar-refractivity contribution < 1.29 is 19.4 Å². The van der Waals surface area contributed by atoms with Crippen molar-refractivity contribution in [3.8, 4) is 11.5 Å². The molecule has 0 saturated heterocycles. The van der Waals surface area contributed by atoms with Crippen molar-refractivity contribution in [2.24, 2.45) is 29.6 Å². The molecule has 4 aliphatic carbocycles. The molecule has 34 heavy (non-hydrogen) atoms. The van der Waals surface area contributed by atoms with Crippen molar-refractivity contribution >= 4 is 5.91 Å². The monoisotopic (exact) mass is 463 g/mol. The number of hydrogen-bond acceptors (Lipinski definition) is 4. The van der Waals surface area contributed by atoms with Crippen LogP contribution < -0.4 is 14.8 Å². The maximum atomic E-state index is 12.8. The van der Waals surface area contributed by atoms with Crippen LogP contribution in [-0.2, 0) is 6.54 Å². The summed E-state index contributed by atoms with van der Waals surface area (Å²) >= 11 is 0. The van der Waals surface area contributed by atoms with Crippen LogP contribution in [0.15, 0.2) is 48.5 Å². The standard InChI is InChI=1S/C29H37NO4/c1-33-25-9-6-19(7-10-25)17-30-29(32)27-4-2-3-5-28(27)34-18-24(31)8-11-26-22-13-20-12-21(15-22)16-23(26)14-20/h2-7,9-10,20-24,26,31H,8,11-18H2,1H3,(H,30,32). The summed E-state index contributed by atoms with van der Waals surface area (Å²) in [6.45, 7) is 0.640. The number of benzene rings is 2. The predicted octanol–water partition coefficient (Wildman–Crippen LogP) is 5.22. The minimum absolute atomic E-state index is 0.186. The lowest BCUT2D eigenvalue weighted by molar-refractivity contribution is -0.0453. The third-order valence-electron chi connectivity index (χ3n) is 8.43. The van der Waals surface area contributed by atoms with E-state index < -0.39 is 6.10 Å². The fourth-order valence-corrected chi connectivity index (χ4v) is 6.96. The van der Waals surface area contributed by atoms with Crippen molar-refractivity contribution in [3.63, 3.8) is 0 Å². The van der Waals surface area contributed by atoms with E-state index in [0.29, 0.717) is 17.9 Å². The van der Waals surface area contributed by atoms with Gasteiger partial charge in [-0.2, -0.15) is 0 Å². The second kappa shape index (κ2) is 10.4. The summed E-state index contributed by atoms with van der Waals surface area (Å²) in [5, 5.41) is 13.6. The molecule has 182 valence electrons. The molecule has 6 rings (SSSR count). The Morgan fingerprint density at radius 2 is 1.68 bits per heavy atom. The molecule has 5 nitrogen and oxygen atoms in total. The number of ether oxygens (including phenoxy) is 2. The summed E-state index contributed by atoms with van der Waals surface area (Å²) in [4.78, 5) is 12.8. The number of para-hydroxylation sites is 1. The molecule has 2 N–H and O–H groups in total. The quantitative estimate of drug-likeness (QED) is 0.507. The number of nitrogens with one attached hydrogen (secondary N) is 1. The van der Waals surface area contributed by atoms with Gasteiger partial charge in [0.15, 0.2) is 0 Å². The average molecular weight is 464 g/mol. The summed E-state index contributed by atoms with van der Waals surface area (Å²) in [5.74, 6) is 5.66. The highest BCUT2D eigenvalue weighted by Gasteiger charge is 2.47. The second-order valence-corrected chi connectivity index (χ2v) is 10.7. The lowest BCUT2D eigenvalue weighted by Gasteiger charge is -2.54. The van der Waals surface area contributed by atoms with Crippen LogP contribution in [-0.4, -0.2) is 30.8 Å². The molecule has 0 radical (unpaired) electrons. The summed E-state index contributed by atoms with van der Waals surface area (Å²) < 4.78 is 11.1. The van der Waals surface area contributed by atoms with Crippen molar-refractivity contribution in [1.29, 1.82) is 0 Å². The molecular formula is C29H37NO4. The van der Waals surface area contributed by atoms with E-state index in [1.807, 2.05) is 36.4 Å². The highest BCUT2D eigenvalue weighted by atomic mass is 16.5. The molecule has 0 heterocycles. The van der Waals surface area contributed by atoms with Crippen LogP contribution in [0.5, 0.6) is 11.5 Å². The van der Waals surface area contributed by atoms with Gasteiger partial charge in [0.05, 0.1) is 18.8 Å². The van der Waals surface area contributed by atoms with Gasteiger partial charge < -0.3 is 19.9 Å². The van der Waals surface area contributed by atoms with E-state index in [4.69, 9.17) is 9.47 Å². The Labute approximate surface area is 202 Å². The highest BCUT2D eigenvalue weighted by molar-refractivity contribution is 5.96. The minimum atomic E-state index is -0.507. The second-order valence-electron chi connectivity index (χ2n) is 10.7. The van der Waals surface area contributed by atoms with E-state index in [2.05, 4.69) is 5.32 Å². The molecule has 2 aromatic rings. The van der Waals surface area contributed by atoms with E-state index in [-0.39, 0.29) is 12.5 Å². The first-order valence-electron chi connectivity index (χ1n) is 12.9. The van der Waals surface area contributed by atoms with Crippen molar-refractivity contribution in [2.75, 3.05) is 13.7 Å². The number of aliphatic hydroxyl groups is 1. The normalized spacial score (nSPS) is 27.9. The summed E-state index contributed by atoms with van der Waals surface area (Å²) in [6.07, 6.45) is 8.53. The number of amides is 1. The van der Waals surface area contributed by atoms with Crippen molar-refractivity contribution in [1.82, 2.24) is 5.32 Å². The molecule has 4 fully saturated rings. The van der Waals surface area contributed by atoms with E-state index >= 15 is 0 Å². The Bertz CT molecular complexity index is 944. The van der Waals surface area contributed by atoms with Gasteiger partial charge >= 0.3 is 0 Å². The average Bonchev–Trinajstić information content (AvgIpc) is 2.85. The van der Waals surface area contributed by atoms with Crippen LogP contribution in [0.3, 0.4) is 0 Å². The Morgan fingerprint density at radius 3 is 2.35 bits per heavy atom. The van der Waals surface area contributed by atoms with Gasteiger partial charge in [0, 0.05) is 6.54 Å². The number of carbonyl (C=O) groups is 1. The minimum Gasteiger partial charge on any atom is -0.497 e. The third kappa shape index (κ3) is 5.25. The first kappa shape index (κ1) is 23.2. The molecular weight excluding hydrogens is 426 g/mol. The largest absolute Gasteiger partial charge is 0.497 e. The van der Waals surface area contributed by atoms with Crippen LogP contribution in [0.2, 0.25) is 0 Å². The van der Waals surface area contributed by atoms with E-state index in [0.717, 1.165) is 53.7 Å². The van der Waals surface area contributed by atoms with Gasteiger partial charge in [-0.05, 0) is 104 Å². The maximum Gasteiger partial charge on any atom is 0.255 e. The van der Waals surface area contributed by atoms with Crippen LogP contribution in [0, 0.1) is 29.6 Å².